The molecule has 130 valence electrons. The Balaban J connectivity index is 3.28. The normalized spacial score (nSPS) is 12.7. The molecule has 2 nitrogen and oxygen atoms in total. The van der Waals surface area contributed by atoms with Crippen molar-refractivity contribution in [3.05, 3.63) is 12.2 Å². The summed E-state index contributed by atoms with van der Waals surface area (Å²) in [5.74, 6) is -0.0843. The van der Waals surface area contributed by atoms with Gasteiger partial charge in [-0.3, -0.25) is 4.79 Å². The molecule has 0 aliphatic carbocycles. The standard InChI is InChI=1S/C19H36O2S/c1-3-4-5-12-15-18(22)16-13-10-8-6-7-9-11-14-17-19(20)21-2/h10,13,18,22H,3-9,11-12,14-17H2,1-2H3. The highest BCUT2D eigenvalue weighted by molar-refractivity contribution is 7.80. The Morgan fingerprint density at radius 1 is 1.00 bits per heavy atom. The predicted molar refractivity (Wildman–Crippen MR) is 99.6 cm³/mol. The second kappa shape index (κ2) is 16.9. The van der Waals surface area contributed by atoms with Gasteiger partial charge in [-0.25, -0.2) is 0 Å². The molecule has 22 heavy (non-hydrogen) atoms. The number of rotatable bonds is 15. The van der Waals surface area contributed by atoms with Crippen LogP contribution in [0, 0.1) is 0 Å². The average molecular weight is 329 g/mol. The fourth-order valence-corrected chi connectivity index (χ4v) is 2.76. The number of carbonyl (C=O) groups is 1. The fourth-order valence-electron chi connectivity index (χ4n) is 2.46. The minimum Gasteiger partial charge on any atom is -0.469 e. The van der Waals surface area contributed by atoms with Gasteiger partial charge in [0, 0.05) is 11.7 Å². The molecule has 1 unspecified atom stereocenters. The van der Waals surface area contributed by atoms with Crippen LogP contribution in [0.3, 0.4) is 0 Å². The highest BCUT2D eigenvalue weighted by Gasteiger charge is 2.00. The van der Waals surface area contributed by atoms with Crippen LogP contribution in [0.5, 0.6) is 0 Å². The highest BCUT2D eigenvalue weighted by Crippen LogP contribution is 2.14. The van der Waals surface area contributed by atoms with Crippen molar-refractivity contribution >= 4 is 18.6 Å². The summed E-state index contributed by atoms with van der Waals surface area (Å²) < 4.78 is 4.62. The van der Waals surface area contributed by atoms with E-state index >= 15 is 0 Å². The van der Waals surface area contributed by atoms with Crippen LogP contribution in [-0.4, -0.2) is 18.3 Å². The first kappa shape index (κ1) is 21.6. The topological polar surface area (TPSA) is 26.3 Å². The Morgan fingerprint density at radius 3 is 2.41 bits per heavy atom. The molecule has 0 fully saturated rings. The number of allylic oxidation sites excluding steroid dienone is 2. The molecule has 0 N–H and O–H groups in total. The molecule has 0 aromatic heterocycles. The minimum absolute atomic E-state index is 0.0843. The lowest BCUT2D eigenvalue weighted by molar-refractivity contribution is -0.140. The highest BCUT2D eigenvalue weighted by atomic mass is 32.1. The van der Waals surface area contributed by atoms with E-state index in [-0.39, 0.29) is 5.97 Å². The van der Waals surface area contributed by atoms with E-state index in [4.69, 9.17) is 0 Å². The van der Waals surface area contributed by atoms with Crippen LogP contribution in [0.1, 0.15) is 90.4 Å². The Bertz CT molecular complexity index is 277. The number of thiol groups is 1. The molecule has 0 aliphatic rings. The molecule has 1 atom stereocenters. The molecule has 0 spiro atoms. The number of carbonyl (C=O) groups excluding carboxylic acids is 1. The van der Waals surface area contributed by atoms with Crippen LogP contribution in [0.15, 0.2) is 12.2 Å². The average Bonchev–Trinajstić information content (AvgIpc) is 2.53. The lowest BCUT2D eigenvalue weighted by Crippen LogP contribution is -1.99. The van der Waals surface area contributed by atoms with Gasteiger partial charge in [0.15, 0.2) is 0 Å². The molecule has 0 heterocycles. The molecule has 0 rings (SSSR count). The lowest BCUT2D eigenvalue weighted by Gasteiger charge is -2.07. The van der Waals surface area contributed by atoms with Crippen LogP contribution >= 0.6 is 12.6 Å². The molecule has 0 aromatic rings. The number of esters is 1. The molecule has 3 heteroatoms. The van der Waals surface area contributed by atoms with Gasteiger partial charge < -0.3 is 4.74 Å². The van der Waals surface area contributed by atoms with Gasteiger partial charge in [-0.15, -0.1) is 0 Å². The van der Waals surface area contributed by atoms with Gasteiger partial charge in [-0.1, -0.05) is 64.0 Å². The Kier molecular flexibility index (Phi) is 16.6. The van der Waals surface area contributed by atoms with Crippen molar-refractivity contribution in [3.8, 4) is 0 Å². The van der Waals surface area contributed by atoms with E-state index in [9.17, 15) is 4.79 Å². The molecular formula is C19H36O2S. The minimum atomic E-state index is -0.0843. The van der Waals surface area contributed by atoms with E-state index in [2.05, 4.69) is 36.4 Å². The van der Waals surface area contributed by atoms with Crippen molar-refractivity contribution in [1.82, 2.24) is 0 Å². The molecule has 0 aromatic carbocycles. The molecule has 0 bridgehead atoms. The monoisotopic (exact) mass is 328 g/mol. The molecule has 0 radical (unpaired) electrons. The molecule has 0 amide bonds. The first-order chi connectivity index (χ1) is 10.7. The summed E-state index contributed by atoms with van der Waals surface area (Å²) in [6, 6.07) is 0. The van der Waals surface area contributed by atoms with Crippen LogP contribution in [0.25, 0.3) is 0 Å². The summed E-state index contributed by atoms with van der Waals surface area (Å²) in [4.78, 5) is 10.9. The Hall–Kier alpha value is -0.440. The van der Waals surface area contributed by atoms with Crippen molar-refractivity contribution in [3.63, 3.8) is 0 Å². The largest absolute Gasteiger partial charge is 0.469 e. The number of methoxy groups -OCH3 is 1. The van der Waals surface area contributed by atoms with Gasteiger partial charge in [-0.05, 0) is 32.1 Å². The molecule has 0 aliphatic heterocycles. The smallest absolute Gasteiger partial charge is 0.305 e. The van der Waals surface area contributed by atoms with Gasteiger partial charge in [0.1, 0.15) is 0 Å². The zero-order valence-corrected chi connectivity index (χ0v) is 15.6. The van der Waals surface area contributed by atoms with Gasteiger partial charge >= 0.3 is 5.97 Å². The van der Waals surface area contributed by atoms with Crippen molar-refractivity contribution in [2.75, 3.05) is 7.11 Å². The van der Waals surface area contributed by atoms with Crippen molar-refractivity contribution < 1.29 is 9.53 Å². The van der Waals surface area contributed by atoms with E-state index in [0.717, 1.165) is 19.3 Å². The molecular weight excluding hydrogens is 292 g/mol. The number of hydrogen-bond acceptors (Lipinski definition) is 3. The Labute approximate surface area is 143 Å². The molecule has 0 saturated carbocycles. The maximum Gasteiger partial charge on any atom is 0.305 e. The van der Waals surface area contributed by atoms with Gasteiger partial charge in [-0.2, -0.15) is 12.6 Å². The number of ether oxygens (including phenoxy) is 1. The number of unbranched alkanes of at least 4 members (excludes halogenated alkanes) is 8. The van der Waals surface area contributed by atoms with E-state index < -0.39 is 0 Å². The first-order valence-corrected chi connectivity index (χ1v) is 9.62. The van der Waals surface area contributed by atoms with Gasteiger partial charge in [0.25, 0.3) is 0 Å². The van der Waals surface area contributed by atoms with Crippen LogP contribution in [0.2, 0.25) is 0 Å². The predicted octanol–water partition coefficient (Wildman–Crippen LogP) is 6.11. The fraction of sp³-hybridized carbons (Fsp3) is 0.842. The van der Waals surface area contributed by atoms with Crippen molar-refractivity contribution in [2.24, 2.45) is 0 Å². The first-order valence-electron chi connectivity index (χ1n) is 9.10. The van der Waals surface area contributed by atoms with Crippen molar-refractivity contribution in [1.29, 1.82) is 0 Å². The summed E-state index contributed by atoms with van der Waals surface area (Å²) >= 11 is 4.65. The summed E-state index contributed by atoms with van der Waals surface area (Å²) in [5, 5.41) is 0.534. The quantitative estimate of drug-likeness (QED) is 0.170. The van der Waals surface area contributed by atoms with E-state index in [1.54, 1.807) is 0 Å². The summed E-state index contributed by atoms with van der Waals surface area (Å²) in [7, 11) is 1.45. The third-order valence-electron chi connectivity index (χ3n) is 3.95. The lowest BCUT2D eigenvalue weighted by atomic mass is 10.1. The number of hydrogen-bond donors (Lipinski definition) is 1. The maximum absolute atomic E-state index is 10.9. The van der Waals surface area contributed by atoms with E-state index in [1.807, 2.05) is 0 Å². The van der Waals surface area contributed by atoms with Gasteiger partial charge in [0.2, 0.25) is 0 Å². The van der Waals surface area contributed by atoms with Gasteiger partial charge in [0.05, 0.1) is 7.11 Å². The van der Waals surface area contributed by atoms with E-state index in [1.165, 1.54) is 64.9 Å². The van der Waals surface area contributed by atoms with Crippen LogP contribution in [0.4, 0.5) is 0 Å². The Morgan fingerprint density at radius 2 is 1.68 bits per heavy atom. The summed E-state index contributed by atoms with van der Waals surface area (Å²) in [6.45, 7) is 2.25. The summed E-state index contributed by atoms with van der Waals surface area (Å²) in [6.07, 6.45) is 19.9. The maximum atomic E-state index is 10.9. The zero-order valence-electron chi connectivity index (χ0n) is 14.7. The molecule has 0 saturated heterocycles. The van der Waals surface area contributed by atoms with Crippen LogP contribution in [-0.2, 0) is 9.53 Å². The summed E-state index contributed by atoms with van der Waals surface area (Å²) in [5.41, 5.74) is 0. The second-order valence-corrected chi connectivity index (χ2v) is 6.82. The van der Waals surface area contributed by atoms with E-state index in [0.29, 0.717) is 11.7 Å². The zero-order chi connectivity index (χ0) is 16.5. The third-order valence-corrected chi connectivity index (χ3v) is 4.41. The van der Waals surface area contributed by atoms with Crippen LogP contribution < -0.4 is 0 Å². The SMILES string of the molecule is CCCCCCC(S)CC=CCCCCCCCC(=O)OC. The van der Waals surface area contributed by atoms with Crippen molar-refractivity contribution in [2.45, 2.75) is 95.6 Å². The second-order valence-electron chi connectivity index (χ2n) is 6.09. The third kappa shape index (κ3) is 15.9.